The maximum absolute atomic E-state index is 13.5. The van der Waals surface area contributed by atoms with Gasteiger partial charge in [0.15, 0.2) is 11.6 Å². The monoisotopic (exact) mass is 789 g/mol. The van der Waals surface area contributed by atoms with Crippen molar-refractivity contribution < 1.29 is 28.7 Å². The summed E-state index contributed by atoms with van der Waals surface area (Å²) in [4.78, 5) is 68.9. The van der Waals surface area contributed by atoms with Crippen molar-refractivity contribution in [3.8, 4) is 11.8 Å². The Morgan fingerprint density at radius 1 is 0.912 bits per heavy atom. The van der Waals surface area contributed by atoms with Crippen molar-refractivity contribution >= 4 is 46.6 Å². The Hall–Kier alpha value is -5.05. The summed E-state index contributed by atoms with van der Waals surface area (Å²) < 4.78 is 6.38. The topological polar surface area (TPSA) is 149 Å². The molecule has 2 unspecified atom stereocenters. The van der Waals surface area contributed by atoms with Crippen LogP contribution in [0.4, 0.5) is 5.69 Å². The number of Topliss-reactive ketones (excluding diaryl/α,β-unsaturated/α-hetero) is 2. The molecule has 2 heterocycles. The molecule has 12 heteroatoms. The van der Waals surface area contributed by atoms with Crippen LogP contribution in [-0.4, -0.2) is 79.1 Å². The molecule has 3 aliphatic carbocycles. The van der Waals surface area contributed by atoms with Gasteiger partial charge in [0.1, 0.15) is 17.9 Å². The zero-order valence-corrected chi connectivity index (χ0v) is 33.5. The summed E-state index contributed by atoms with van der Waals surface area (Å²) in [5, 5.41) is 15.1. The molecule has 0 radical (unpaired) electrons. The molecule has 0 bridgehead atoms. The van der Waals surface area contributed by atoms with Crippen LogP contribution in [0, 0.1) is 39.9 Å². The summed E-state index contributed by atoms with van der Waals surface area (Å²) in [6.45, 7) is 12.8. The maximum Gasteiger partial charge on any atom is 0.251 e. The van der Waals surface area contributed by atoms with E-state index in [1.165, 1.54) is 5.56 Å². The van der Waals surface area contributed by atoms with E-state index in [1.54, 1.807) is 30.3 Å². The number of anilines is 1. The number of carbonyl (C=O) groups excluding carboxylic acids is 5. The van der Waals surface area contributed by atoms with Crippen LogP contribution in [0.2, 0.25) is 5.02 Å². The molecule has 11 nitrogen and oxygen atoms in total. The average molecular weight is 790 g/mol. The van der Waals surface area contributed by atoms with Crippen molar-refractivity contribution in [1.82, 2.24) is 15.5 Å². The van der Waals surface area contributed by atoms with Crippen molar-refractivity contribution in [2.45, 2.75) is 71.4 Å². The van der Waals surface area contributed by atoms with Gasteiger partial charge in [0.05, 0.1) is 22.4 Å². The highest BCUT2D eigenvalue weighted by atomic mass is 35.5. The third kappa shape index (κ3) is 7.01. The van der Waals surface area contributed by atoms with Gasteiger partial charge < -0.3 is 15.0 Å². The summed E-state index contributed by atoms with van der Waals surface area (Å²) in [5.74, 6) is -1.84. The highest BCUT2D eigenvalue weighted by Gasteiger charge is 2.64. The van der Waals surface area contributed by atoms with Gasteiger partial charge in [0.25, 0.3) is 5.91 Å². The van der Waals surface area contributed by atoms with E-state index < -0.39 is 17.7 Å². The lowest BCUT2D eigenvalue weighted by molar-refractivity contribution is -0.164. The number of imide groups is 1. The fourth-order valence-electron chi connectivity index (χ4n) is 10.4. The molecule has 296 valence electrons. The minimum absolute atomic E-state index is 0.102. The van der Waals surface area contributed by atoms with Crippen molar-refractivity contribution in [3.63, 3.8) is 0 Å². The lowest BCUT2D eigenvalue weighted by atomic mass is 9.49. The smallest absolute Gasteiger partial charge is 0.251 e. The van der Waals surface area contributed by atoms with E-state index in [4.69, 9.17) is 16.3 Å². The van der Waals surface area contributed by atoms with Gasteiger partial charge in [0, 0.05) is 84.5 Å². The van der Waals surface area contributed by atoms with Gasteiger partial charge in [-0.1, -0.05) is 51.4 Å². The standard InChI is InChI=1S/C45H48ClN5O6/c1-44(2)42(45(3,4)43(44)57-31-11-9-28(23-47)35(46)22-31)49-40(55)27-7-5-26(6-8-27)29-19-25(20-29)24-50-15-17-51(18-16-50)30-10-12-32-34(21-30)39(54)37(38(32)53)33-13-14-36(52)48-41(33)56/h5-12,21-22,25,29,33,37,42-43H,13-20,24H2,1-4H3,(H,49,55)(H,48,52,56)/t25-,29-,33?,37?,42-,43-. The lowest BCUT2D eigenvalue weighted by Gasteiger charge is -2.63. The molecule has 57 heavy (non-hydrogen) atoms. The minimum Gasteiger partial charge on any atom is -0.489 e. The number of nitrogens with one attached hydrogen (secondary N) is 2. The molecule has 2 atom stereocenters. The number of nitriles is 1. The van der Waals surface area contributed by atoms with Gasteiger partial charge in [-0.05, 0) is 79.1 Å². The lowest BCUT2D eigenvalue weighted by Crippen LogP contribution is -2.74. The Bertz CT molecular complexity index is 2180. The number of rotatable bonds is 9. The minimum atomic E-state index is -1.06. The predicted octanol–water partition coefficient (Wildman–Crippen LogP) is 6.19. The van der Waals surface area contributed by atoms with Crippen LogP contribution in [0.5, 0.6) is 5.75 Å². The van der Waals surface area contributed by atoms with Crippen LogP contribution in [-0.2, 0) is 9.59 Å². The fraction of sp³-hybridized carbons (Fsp3) is 0.467. The molecule has 4 fully saturated rings. The van der Waals surface area contributed by atoms with Gasteiger partial charge >= 0.3 is 0 Å². The number of carbonyl (C=O) groups is 5. The molecule has 2 N–H and O–H groups in total. The molecule has 3 amide bonds. The number of nitrogens with zero attached hydrogens (tertiary/aromatic N) is 3. The van der Waals surface area contributed by atoms with E-state index in [0.29, 0.717) is 44.9 Å². The fourth-order valence-corrected chi connectivity index (χ4v) is 10.6. The van der Waals surface area contributed by atoms with Crippen molar-refractivity contribution in [2.75, 3.05) is 37.6 Å². The summed E-state index contributed by atoms with van der Waals surface area (Å²) in [7, 11) is 0. The molecular formula is C45H48ClN5O6. The van der Waals surface area contributed by atoms with Gasteiger partial charge in [0.2, 0.25) is 11.8 Å². The second-order valence-corrected chi connectivity index (χ2v) is 18.1. The molecule has 0 aromatic heterocycles. The quantitative estimate of drug-likeness (QED) is 0.191. The Morgan fingerprint density at radius 3 is 2.25 bits per heavy atom. The third-order valence-corrected chi connectivity index (χ3v) is 13.7. The molecular weight excluding hydrogens is 742 g/mol. The van der Waals surface area contributed by atoms with Gasteiger partial charge in [-0.3, -0.25) is 34.2 Å². The van der Waals surface area contributed by atoms with Crippen LogP contribution < -0.4 is 20.3 Å². The first-order valence-electron chi connectivity index (χ1n) is 20.0. The summed E-state index contributed by atoms with van der Waals surface area (Å²) in [6.07, 6.45) is 2.38. The van der Waals surface area contributed by atoms with E-state index in [-0.39, 0.29) is 59.2 Å². The van der Waals surface area contributed by atoms with Crippen molar-refractivity contribution in [1.29, 1.82) is 5.26 Å². The number of amides is 3. The normalized spacial score (nSPS) is 27.8. The highest BCUT2D eigenvalue weighted by molar-refractivity contribution is 6.32. The largest absolute Gasteiger partial charge is 0.489 e. The van der Waals surface area contributed by atoms with E-state index in [1.807, 2.05) is 18.2 Å². The number of hydrogen-bond donors (Lipinski definition) is 2. The Morgan fingerprint density at radius 2 is 1.60 bits per heavy atom. The van der Waals surface area contributed by atoms with E-state index >= 15 is 0 Å². The number of benzene rings is 3. The third-order valence-electron chi connectivity index (χ3n) is 13.3. The molecule has 3 aromatic carbocycles. The number of piperazine rings is 1. The Kier molecular flexibility index (Phi) is 10.0. The Labute approximate surface area is 338 Å². The zero-order chi connectivity index (χ0) is 40.4. The number of halogens is 1. The van der Waals surface area contributed by atoms with Gasteiger partial charge in [-0.25, -0.2) is 0 Å². The van der Waals surface area contributed by atoms with E-state index in [9.17, 15) is 29.2 Å². The van der Waals surface area contributed by atoms with Crippen LogP contribution in [0.25, 0.3) is 0 Å². The summed E-state index contributed by atoms with van der Waals surface area (Å²) in [5.41, 5.74) is 3.25. The SMILES string of the molecule is CC1(C)[C@H](NC(=O)c2ccc([C@H]3C[C@H](CN4CCN(c5ccc6c(c5)C(=O)C(C5CCC(=O)NC5=O)C6=O)CC4)C3)cc2)C(C)(C)[C@H]1Oc1ccc(C#N)c(Cl)c1. The summed E-state index contributed by atoms with van der Waals surface area (Å²) in [6, 6.07) is 20.5. The molecule has 5 aliphatic rings. The van der Waals surface area contributed by atoms with Gasteiger partial charge in [-0.2, -0.15) is 5.26 Å². The zero-order valence-electron chi connectivity index (χ0n) is 32.8. The first-order chi connectivity index (χ1) is 27.1. The van der Waals surface area contributed by atoms with E-state index in [2.05, 4.69) is 66.3 Å². The van der Waals surface area contributed by atoms with Crippen LogP contribution in [0.1, 0.15) is 101 Å². The predicted molar refractivity (Wildman–Crippen MR) is 214 cm³/mol. The molecule has 0 spiro atoms. The molecule has 2 aliphatic heterocycles. The first kappa shape index (κ1) is 38.8. The molecule has 3 aromatic rings. The van der Waals surface area contributed by atoms with Crippen LogP contribution >= 0.6 is 11.6 Å². The number of piperidine rings is 1. The van der Waals surface area contributed by atoms with Crippen molar-refractivity contribution in [2.24, 2.45) is 28.6 Å². The number of ether oxygens (including phenoxy) is 1. The van der Waals surface area contributed by atoms with E-state index in [0.717, 1.165) is 51.3 Å². The van der Waals surface area contributed by atoms with Gasteiger partial charge in [-0.15, -0.1) is 0 Å². The molecule has 2 saturated heterocycles. The molecule has 2 saturated carbocycles. The number of hydrogen-bond acceptors (Lipinski definition) is 9. The molecule has 8 rings (SSSR count). The number of fused-ring (bicyclic) bond motifs is 1. The van der Waals surface area contributed by atoms with Crippen molar-refractivity contribution in [3.05, 3.63) is 93.5 Å². The second kappa shape index (κ2) is 14.7. The Balaban J connectivity index is 0.793. The maximum atomic E-state index is 13.5. The second-order valence-electron chi connectivity index (χ2n) is 17.7. The van der Waals surface area contributed by atoms with Crippen LogP contribution in [0.3, 0.4) is 0 Å². The van der Waals surface area contributed by atoms with Crippen LogP contribution in [0.15, 0.2) is 60.7 Å². The average Bonchev–Trinajstić information content (AvgIpc) is 3.42. The summed E-state index contributed by atoms with van der Waals surface area (Å²) >= 11 is 6.25. The highest BCUT2D eigenvalue weighted by Crippen LogP contribution is 2.55. The number of ketones is 2. The first-order valence-corrected chi connectivity index (χ1v) is 20.3.